The van der Waals surface area contributed by atoms with Crippen molar-refractivity contribution in [3.05, 3.63) is 0 Å². The highest BCUT2D eigenvalue weighted by atomic mass is 32.2. The van der Waals surface area contributed by atoms with Gasteiger partial charge in [-0.15, -0.1) is 0 Å². The van der Waals surface area contributed by atoms with Crippen LogP contribution in [0.25, 0.3) is 0 Å². The molecule has 0 aromatic heterocycles. The third kappa shape index (κ3) is 10.4. The van der Waals surface area contributed by atoms with Gasteiger partial charge in [0.05, 0.1) is 18.8 Å². The molecule has 0 radical (unpaired) electrons. The molecule has 0 fully saturated rings. The molecule has 0 amide bonds. The van der Waals surface area contributed by atoms with Gasteiger partial charge in [-0.3, -0.25) is 4.18 Å². The van der Waals surface area contributed by atoms with Crippen molar-refractivity contribution < 1.29 is 22.4 Å². The molecule has 0 aromatic carbocycles. The molecule has 0 rings (SSSR count). The van der Waals surface area contributed by atoms with Gasteiger partial charge in [0.1, 0.15) is 5.75 Å². The van der Waals surface area contributed by atoms with Crippen LogP contribution in [0.1, 0.15) is 40.5 Å². The number of rotatable bonds is 8. The first-order valence-electron chi connectivity index (χ1n) is 5.44. The Kier molecular flexibility index (Phi) is 7.14. The maximum atomic E-state index is 11.3. The van der Waals surface area contributed by atoms with E-state index in [1.54, 1.807) is 0 Å². The lowest BCUT2D eigenvalue weighted by atomic mass is 10.2. The summed E-state index contributed by atoms with van der Waals surface area (Å²) < 4.78 is 27.3. The molecule has 5 nitrogen and oxygen atoms in total. The summed E-state index contributed by atoms with van der Waals surface area (Å²) in [5, 5.41) is 0. The zero-order valence-electron chi connectivity index (χ0n) is 10.5. The molecule has 0 aliphatic rings. The fourth-order valence-corrected chi connectivity index (χ4v) is 1.51. The topological polar surface area (TPSA) is 61.8 Å². The van der Waals surface area contributed by atoms with Crippen molar-refractivity contribution >= 4 is 10.1 Å². The Morgan fingerprint density at radius 3 is 2.25 bits per heavy atom. The Hall–Kier alpha value is -0.170. The molecule has 98 valence electrons. The van der Waals surface area contributed by atoms with Crippen LogP contribution in [-0.2, 0) is 24.1 Å². The monoisotopic (exact) mass is 254 g/mol. The molecule has 0 heterocycles. The van der Waals surface area contributed by atoms with Crippen LogP contribution >= 0.6 is 0 Å². The minimum absolute atomic E-state index is 0.0221. The third-order valence-corrected chi connectivity index (χ3v) is 2.68. The Labute approximate surface area is 98.1 Å². The standard InChI is InChI=1S/C10H22O5S/c1-5-6-7-14-16(11,12)9-8-13-15-10(2,3)4/h5-9H2,1-4H3. The molecule has 0 unspecified atom stereocenters. The van der Waals surface area contributed by atoms with Crippen molar-refractivity contribution in [1.29, 1.82) is 0 Å². The SMILES string of the molecule is CCCCOS(=O)(=O)CCOOC(C)(C)C. The van der Waals surface area contributed by atoms with Crippen LogP contribution in [0, 0.1) is 0 Å². The fourth-order valence-electron chi connectivity index (χ4n) is 0.744. The first-order chi connectivity index (χ1) is 7.27. The Balaban J connectivity index is 3.67. The second-order valence-electron chi connectivity index (χ2n) is 4.46. The maximum absolute atomic E-state index is 11.3. The number of unbranched alkanes of at least 4 members (excludes halogenated alkanes) is 1. The van der Waals surface area contributed by atoms with Gasteiger partial charge in [0.25, 0.3) is 10.1 Å². The molecule has 0 saturated heterocycles. The highest BCUT2D eigenvalue weighted by molar-refractivity contribution is 7.86. The number of hydrogen-bond acceptors (Lipinski definition) is 5. The molecule has 0 aromatic rings. The lowest BCUT2D eigenvalue weighted by Gasteiger charge is -2.17. The molecule has 0 spiro atoms. The Bertz CT molecular complexity index is 265. The molecule has 0 aliphatic heterocycles. The smallest absolute Gasteiger partial charge is 0.269 e. The van der Waals surface area contributed by atoms with Crippen LogP contribution in [0.3, 0.4) is 0 Å². The zero-order valence-corrected chi connectivity index (χ0v) is 11.3. The largest absolute Gasteiger partial charge is 0.270 e. The Morgan fingerprint density at radius 1 is 1.12 bits per heavy atom. The molecular formula is C10H22O5S. The van der Waals surface area contributed by atoms with E-state index in [-0.39, 0.29) is 19.0 Å². The van der Waals surface area contributed by atoms with Gasteiger partial charge in [-0.1, -0.05) is 13.3 Å². The summed E-state index contributed by atoms with van der Waals surface area (Å²) in [7, 11) is -3.48. The first-order valence-corrected chi connectivity index (χ1v) is 7.02. The maximum Gasteiger partial charge on any atom is 0.269 e. The van der Waals surface area contributed by atoms with Crippen molar-refractivity contribution in [3.8, 4) is 0 Å². The molecule has 0 aliphatic carbocycles. The lowest BCUT2D eigenvalue weighted by Crippen LogP contribution is -2.22. The summed E-state index contributed by atoms with van der Waals surface area (Å²) in [4.78, 5) is 9.71. The van der Waals surface area contributed by atoms with Crippen LogP contribution in [-0.4, -0.2) is 33.0 Å². The summed E-state index contributed by atoms with van der Waals surface area (Å²) in [6, 6.07) is 0. The van der Waals surface area contributed by atoms with E-state index in [1.165, 1.54) is 0 Å². The van der Waals surface area contributed by atoms with Gasteiger partial charge in [-0.05, 0) is 27.2 Å². The summed E-state index contributed by atoms with van der Waals surface area (Å²) in [6.45, 7) is 7.64. The average Bonchev–Trinajstić information content (AvgIpc) is 2.11. The fraction of sp³-hybridized carbons (Fsp3) is 1.00. The quantitative estimate of drug-likeness (QED) is 0.286. The normalized spacial score (nSPS) is 13.0. The number of hydrogen-bond donors (Lipinski definition) is 0. The van der Waals surface area contributed by atoms with E-state index < -0.39 is 15.7 Å². The van der Waals surface area contributed by atoms with Gasteiger partial charge in [0, 0.05) is 0 Å². The molecular weight excluding hydrogens is 232 g/mol. The van der Waals surface area contributed by atoms with Crippen LogP contribution in [0.15, 0.2) is 0 Å². The summed E-state index contributed by atoms with van der Waals surface area (Å²) >= 11 is 0. The zero-order chi connectivity index (χ0) is 12.7. The minimum Gasteiger partial charge on any atom is -0.270 e. The van der Waals surface area contributed by atoms with Gasteiger partial charge in [-0.2, -0.15) is 8.42 Å². The highest BCUT2D eigenvalue weighted by Crippen LogP contribution is 2.07. The van der Waals surface area contributed by atoms with E-state index in [9.17, 15) is 8.42 Å². The molecule has 0 N–H and O–H groups in total. The minimum atomic E-state index is -3.48. The van der Waals surface area contributed by atoms with E-state index in [0.717, 1.165) is 12.8 Å². The van der Waals surface area contributed by atoms with Gasteiger partial charge >= 0.3 is 0 Å². The summed E-state index contributed by atoms with van der Waals surface area (Å²) in [5.74, 6) is -0.188. The van der Waals surface area contributed by atoms with Gasteiger partial charge < -0.3 is 0 Å². The predicted molar refractivity (Wildman–Crippen MR) is 61.4 cm³/mol. The van der Waals surface area contributed by atoms with Crippen molar-refractivity contribution in [3.63, 3.8) is 0 Å². The van der Waals surface area contributed by atoms with Crippen LogP contribution in [0.4, 0.5) is 0 Å². The van der Waals surface area contributed by atoms with E-state index >= 15 is 0 Å². The van der Waals surface area contributed by atoms with Crippen molar-refractivity contribution in [2.45, 2.75) is 46.1 Å². The van der Waals surface area contributed by atoms with E-state index in [4.69, 9.17) is 14.0 Å². The van der Waals surface area contributed by atoms with Gasteiger partial charge in [0.2, 0.25) is 0 Å². The van der Waals surface area contributed by atoms with Crippen LogP contribution in [0.2, 0.25) is 0 Å². The van der Waals surface area contributed by atoms with E-state index in [0.29, 0.717) is 0 Å². The van der Waals surface area contributed by atoms with Crippen molar-refractivity contribution in [2.75, 3.05) is 19.0 Å². The Morgan fingerprint density at radius 2 is 1.75 bits per heavy atom. The van der Waals surface area contributed by atoms with Crippen LogP contribution < -0.4 is 0 Å². The predicted octanol–water partition coefficient (Wildman–Crippen LogP) is 1.88. The lowest BCUT2D eigenvalue weighted by molar-refractivity contribution is -0.345. The second kappa shape index (κ2) is 7.21. The molecule has 16 heavy (non-hydrogen) atoms. The van der Waals surface area contributed by atoms with E-state index in [2.05, 4.69) is 0 Å². The molecule has 0 atom stereocenters. The highest BCUT2D eigenvalue weighted by Gasteiger charge is 2.14. The summed E-state index contributed by atoms with van der Waals surface area (Å²) in [5.41, 5.74) is -0.438. The molecule has 0 bridgehead atoms. The van der Waals surface area contributed by atoms with E-state index in [1.807, 2.05) is 27.7 Å². The average molecular weight is 254 g/mol. The molecule has 0 saturated carbocycles. The summed E-state index contributed by atoms with van der Waals surface area (Å²) in [6.07, 6.45) is 1.64. The third-order valence-electron chi connectivity index (χ3n) is 1.49. The van der Waals surface area contributed by atoms with Crippen LogP contribution in [0.5, 0.6) is 0 Å². The van der Waals surface area contributed by atoms with Gasteiger partial charge in [-0.25, -0.2) is 9.78 Å². The first kappa shape index (κ1) is 15.8. The van der Waals surface area contributed by atoms with Crippen molar-refractivity contribution in [1.82, 2.24) is 0 Å². The second-order valence-corrected chi connectivity index (χ2v) is 6.21. The van der Waals surface area contributed by atoms with Gasteiger partial charge in [0.15, 0.2) is 0 Å². The molecule has 6 heteroatoms. The van der Waals surface area contributed by atoms with Crippen molar-refractivity contribution in [2.24, 2.45) is 0 Å².